The SMILES string of the molecule is CCN1CCN(Cc2ccc(CNC(=O)c3ccnc(Cl)c3)cc2)CC1. The Balaban J connectivity index is 1.48. The van der Waals surface area contributed by atoms with Gasteiger partial charge in [-0.25, -0.2) is 4.98 Å². The molecular weight excluding hydrogens is 348 g/mol. The Bertz CT molecular complexity index is 727. The molecule has 3 rings (SSSR count). The molecule has 1 aromatic heterocycles. The highest BCUT2D eigenvalue weighted by molar-refractivity contribution is 6.29. The Morgan fingerprint density at radius 2 is 1.73 bits per heavy atom. The number of carbonyl (C=O) groups is 1. The zero-order valence-corrected chi connectivity index (χ0v) is 15.9. The second-order valence-corrected chi connectivity index (χ2v) is 6.96. The van der Waals surface area contributed by atoms with Gasteiger partial charge in [-0.15, -0.1) is 0 Å². The molecule has 1 aromatic carbocycles. The Morgan fingerprint density at radius 1 is 1.08 bits per heavy atom. The van der Waals surface area contributed by atoms with Gasteiger partial charge < -0.3 is 10.2 Å². The first-order valence-electron chi connectivity index (χ1n) is 9.06. The number of pyridine rings is 1. The van der Waals surface area contributed by atoms with Crippen molar-refractivity contribution in [1.82, 2.24) is 20.1 Å². The van der Waals surface area contributed by atoms with Gasteiger partial charge in [0.25, 0.3) is 5.91 Å². The molecule has 1 amide bonds. The number of carbonyl (C=O) groups excluding carboxylic acids is 1. The molecule has 2 heterocycles. The van der Waals surface area contributed by atoms with E-state index in [4.69, 9.17) is 11.6 Å². The normalized spacial score (nSPS) is 15.8. The maximum absolute atomic E-state index is 12.1. The van der Waals surface area contributed by atoms with Crippen molar-refractivity contribution in [3.8, 4) is 0 Å². The topological polar surface area (TPSA) is 48.5 Å². The molecular formula is C20H25ClN4O. The Morgan fingerprint density at radius 3 is 2.38 bits per heavy atom. The second kappa shape index (κ2) is 9.12. The Kier molecular flexibility index (Phi) is 6.61. The summed E-state index contributed by atoms with van der Waals surface area (Å²) in [6.07, 6.45) is 1.53. The lowest BCUT2D eigenvalue weighted by atomic mass is 10.1. The predicted molar refractivity (Wildman–Crippen MR) is 104 cm³/mol. The molecule has 0 aliphatic carbocycles. The Hall–Kier alpha value is -1.95. The van der Waals surface area contributed by atoms with E-state index in [9.17, 15) is 4.79 Å². The van der Waals surface area contributed by atoms with E-state index in [0.717, 1.165) is 44.8 Å². The van der Waals surface area contributed by atoms with Crippen molar-refractivity contribution in [2.45, 2.75) is 20.0 Å². The monoisotopic (exact) mass is 372 g/mol. The number of piperazine rings is 1. The molecule has 0 unspecified atom stereocenters. The van der Waals surface area contributed by atoms with Crippen LogP contribution in [-0.4, -0.2) is 53.4 Å². The zero-order chi connectivity index (χ0) is 18.4. The minimum atomic E-state index is -0.146. The predicted octanol–water partition coefficient (Wildman–Crippen LogP) is 2.80. The van der Waals surface area contributed by atoms with E-state index < -0.39 is 0 Å². The van der Waals surface area contributed by atoms with Crippen LogP contribution in [0.5, 0.6) is 0 Å². The molecule has 0 bridgehead atoms. The van der Waals surface area contributed by atoms with E-state index in [1.54, 1.807) is 12.1 Å². The van der Waals surface area contributed by atoms with Gasteiger partial charge in [0.05, 0.1) is 0 Å². The highest BCUT2D eigenvalue weighted by atomic mass is 35.5. The van der Waals surface area contributed by atoms with E-state index >= 15 is 0 Å². The van der Waals surface area contributed by atoms with Crippen LogP contribution < -0.4 is 5.32 Å². The van der Waals surface area contributed by atoms with Crippen LogP contribution in [0.25, 0.3) is 0 Å². The van der Waals surface area contributed by atoms with E-state index in [-0.39, 0.29) is 5.91 Å². The molecule has 1 N–H and O–H groups in total. The van der Waals surface area contributed by atoms with Gasteiger partial charge in [-0.05, 0) is 29.8 Å². The van der Waals surface area contributed by atoms with Crippen molar-refractivity contribution in [2.24, 2.45) is 0 Å². The number of benzene rings is 1. The average Bonchev–Trinajstić information content (AvgIpc) is 2.68. The van der Waals surface area contributed by atoms with Crippen molar-refractivity contribution in [3.05, 3.63) is 64.4 Å². The minimum Gasteiger partial charge on any atom is -0.348 e. The molecule has 5 nitrogen and oxygen atoms in total. The largest absolute Gasteiger partial charge is 0.348 e. The number of aromatic nitrogens is 1. The fourth-order valence-electron chi connectivity index (χ4n) is 3.11. The molecule has 1 aliphatic heterocycles. The van der Waals surface area contributed by atoms with Crippen molar-refractivity contribution < 1.29 is 4.79 Å². The van der Waals surface area contributed by atoms with Gasteiger partial charge in [-0.2, -0.15) is 0 Å². The summed E-state index contributed by atoms with van der Waals surface area (Å²) in [4.78, 5) is 21.0. The summed E-state index contributed by atoms with van der Waals surface area (Å²) >= 11 is 5.82. The van der Waals surface area contributed by atoms with Gasteiger partial charge in [0.1, 0.15) is 5.15 Å². The second-order valence-electron chi connectivity index (χ2n) is 6.58. The summed E-state index contributed by atoms with van der Waals surface area (Å²) in [5.41, 5.74) is 2.91. The van der Waals surface area contributed by atoms with E-state index in [2.05, 4.69) is 51.3 Å². The van der Waals surface area contributed by atoms with E-state index in [0.29, 0.717) is 17.3 Å². The van der Waals surface area contributed by atoms with Gasteiger partial charge in [0.15, 0.2) is 0 Å². The van der Waals surface area contributed by atoms with E-state index in [1.165, 1.54) is 11.8 Å². The van der Waals surface area contributed by atoms with Crippen LogP contribution in [0.1, 0.15) is 28.4 Å². The van der Waals surface area contributed by atoms with Gasteiger partial charge in [0.2, 0.25) is 0 Å². The van der Waals surface area contributed by atoms with Crippen LogP contribution in [0, 0.1) is 0 Å². The number of halogens is 1. The first kappa shape index (κ1) is 18.8. The summed E-state index contributed by atoms with van der Waals surface area (Å²) in [6, 6.07) is 11.7. The van der Waals surface area contributed by atoms with Crippen molar-refractivity contribution in [1.29, 1.82) is 0 Å². The summed E-state index contributed by atoms with van der Waals surface area (Å²) in [5, 5.41) is 3.23. The highest BCUT2D eigenvalue weighted by Crippen LogP contribution is 2.11. The fourth-order valence-corrected chi connectivity index (χ4v) is 3.29. The van der Waals surface area contributed by atoms with Crippen LogP contribution in [-0.2, 0) is 13.1 Å². The highest BCUT2D eigenvalue weighted by Gasteiger charge is 2.15. The van der Waals surface area contributed by atoms with Crippen molar-refractivity contribution >= 4 is 17.5 Å². The molecule has 1 fully saturated rings. The lowest BCUT2D eigenvalue weighted by Crippen LogP contribution is -2.45. The number of nitrogens with zero attached hydrogens (tertiary/aromatic N) is 3. The van der Waals surface area contributed by atoms with Crippen LogP contribution in [0.2, 0.25) is 5.15 Å². The average molecular weight is 373 g/mol. The molecule has 6 heteroatoms. The molecule has 1 aliphatic rings. The standard InChI is InChI=1S/C20H25ClN4O/c1-2-24-9-11-25(12-10-24)15-17-5-3-16(4-6-17)14-23-20(26)18-7-8-22-19(21)13-18/h3-8,13H,2,9-12,14-15H2,1H3,(H,23,26). The smallest absolute Gasteiger partial charge is 0.251 e. The molecule has 2 aromatic rings. The third-order valence-corrected chi connectivity index (χ3v) is 4.99. The van der Waals surface area contributed by atoms with Gasteiger partial charge in [0, 0.05) is 51.0 Å². The summed E-state index contributed by atoms with van der Waals surface area (Å²) in [7, 11) is 0. The first-order chi connectivity index (χ1) is 12.6. The van der Waals surface area contributed by atoms with Crippen LogP contribution in [0.15, 0.2) is 42.6 Å². The molecule has 0 spiro atoms. The van der Waals surface area contributed by atoms with Crippen molar-refractivity contribution in [2.75, 3.05) is 32.7 Å². The third kappa shape index (κ3) is 5.27. The van der Waals surface area contributed by atoms with E-state index in [1.807, 2.05) is 0 Å². The van der Waals surface area contributed by atoms with Gasteiger partial charge >= 0.3 is 0 Å². The van der Waals surface area contributed by atoms with Gasteiger partial charge in [-0.3, -0.25) is 9.69 Å². The third-order valence-electron chi connectivity index (χ3n) is 4.78. The van der Waals surface area contributed by atoms with Gasteiger partial charge in [-0.1, -0.05) is 42.8 Å². The molecule has 1 saturated heterocycles. The Labute approximate surface area is 160 Å². The number of hydrogen-bond acceptors (Lipinski definition) is 4. The quantitative estimate of drug-likeness (QED) is 0.792. The number of rotatable bonds is 6. The minimum absolute atomic E-state index is 0.146. The summed E-state index contributed by atoms with van der Waals surface area (Å²) in [5.74, 6) is -0.146. The number of nitrogens with one attached hydrogen (secondary N) is 1. The van der Waals surface area contributed by atoms with Crippen molar-refractivity contribution in [3.63, 3.8) is 0 Å². The number of amides is 1. The molecule has 0 radical (unpaired) electrons. The number of hydrogen-bond donors (Lipinski definition) is 1. The first-order valence-corrected chi connectivity index (χ1v) is 9.44. The summed E-state index contributed by atoms with van der Waals surface area (Å²) in [6.45, 7) is 9.39. The fraction of sp³-hybridized carbons (Fsp3) is 0.400. The zero-order valence-electron chi connectivity index (χ0n) is 15.1. The van der Waals surface area contributed by atoms with Crippen LogP contribution in [0.4, 0.5) is 0 Å². The maximum atomic E-state index is 12.1. The van der Waals surface area contributed by atoms with Crippen LogP contribution >= 0.6 is 11.6 Å². The molecule has 0 saturated carbocycles. The lowest BCUT2D eigenvalue weighted by Gasteiger charge is -2.34. The molecule has 0 atom stereocenters. The molecule has 138 valence electrons. The maximum Gasteiger partial charge on any atom is 0.251 e. The molecule has 26 heavy (non-hydrogen) atoms. The lowest BCUT2D eigenvalue weighted by molar-refractivity contribution is 0.0951. The number of likely N-dealkylation sites (N-methyl/N-ethyl adjacent to an activating group) is 1. The van der Waals surface area contributed by atoms with Crippen LogP contribution in [0.3, 0.4) is 0 Å². The summed E-state index contributed by atoms with van der Waals surface area (Å²) < 4.78 is 0.